The first-order valence-corrected chi connectivity index (χ1v) is 9.59. The zero-order valence-corrected chi connectivity index (χ0v) is 15.5. The molecule has 2 amide bonds. The molecule has 2 aromatic rings. The number of nitrogens with one attached hydrogen (secondary N) is 1. The lowest BCUT2D eigenvalue weighted by Crippen LogP contribution is -2.37. The maximum atomic E-state index is 13.0. The number of nitrogens with two attached hydrogens (primary N) is 1. The minimum absolute atomic E-state index is 0.0741. The van der Waals surface area contributed by atoms with Gasteiger partial charge in [0.25, 0.3) is 0 Å². The van der Waals surface area contributed by atoms with E-state index < -0.39 is 27.7 Å². The second kappa shape index (κ2) is 8.74. The average molecular weight is 393 g/mol. The van der Waals surface area contributed by atoms with E-state index in [4.69, 9.17) is 5.73 Å². The molecule has 0 heterocycles. The van der Waals surface area contributed by atoms with Gasteiger partial charge in [0.1, 0.15) is 5.82 Å². The fourth-order valence-corrected chi connectivity index (χ4v) is 3.80. The quantitative estimate of drug-likeness (QED) is 0.708. The molecule has 0 bridgehead atoms. The molecule has 2 rings (SSSR count). The molecule has 0 aromatic heterocycles. The number of likely N-dealkylation sites (N-methyl/N-ethyl adjacent to an activating group) is 1. The van der Waals surface area contributed by atoms with Gasteiger partial charge in [0.15, 0.2) is 0 Å². The third-order valence-corrected chi connectivity index (χ3v) is 5.68. The Morgan fingerprint density at radius 2 is 1.67 bits per heavy atom. The lowest BCUT2D eigenvalue weighted by Gasteiger charge is -2.20. The van der Waals surface area contributed by atoms with Crippen LogP contribution in [-0.2, 0) is 26.0 Å². The minimum atomic E-state index is -3.92. The number of carbonyl (C=O) groups excluding carboxylic acids is 2. The molecule has 2 aromatic carbocycles. The average Bonchev–Trinajstić information content (AvgIpc) is 2.61. The van der Waals surface area contributed by atoms with Crippen LogP contribution in [0.2, 0.25) is 0 Å². The summed E-state index contributed by atoms with van der Waals surface area (Å²) in [5, 5.41) is 2.60. The van der Waals surface area contributed by atoms with Crippen LogP contribution in [0.25, 0.3) is 0 Å². The second-order valence-corrected chi connectivity index (χ2v) is 7.71. The Morgan fingerprint density at radius 3 is 2.19 bits per heavy atom. The lowest BCUT2D eigenvalue weighted by atomic mass is 10.1. The van der Waals surface area contributed by atoms with Gasteiger partial charge in [0.05, 0.1) is 17.9 Å². The monoisotopic (exact) mass is 393 g/mol. The van der Waals surface area contributed by atoms with Crippen LogP contribution in [0.1, 0.15) is 12.5 Å². The van der Waals surface area contributed by atoms with E-state index in [9.17, 15) is 22.4 Å². The highest BCUT2D eigenvalue weighted by molar-refractivity contribution is 7.89. The lowest BCUT2D eigenvalue weighted by molar-refractivity contribution is -0.117. The number of anilines is 1. The molecule has 3 N–H and O–H groups in total. The van der Waals surface area contributed by atoms with Crippen LogP contribution in [0.5, 0.6) is 0 Å². The molecule has 9 heteroatoms. The van der Waals surface area contributed by atoms with Gasteiger partial charge in [0, 0.05) is 12.2 Å². The van der Waals surface area contributed by atoms with E-state index in [1.165, 1.54) is 0 Å². The van der Waals surface area contributed by atoms with Crippen LogP contribution in [0.3, 0.4) is 0 Å². The van der Waals surface area contributed by atoms with Crippen molar-refractivity contribution in [2.45, 2.75) is 18.2 Å². The zero-order valence-electron chi connectivity index (χ0n) is 14.7. The van der Waals surface area contributed by atoms with Crippen molar-refractivity contribution < 1.29 is 22.4 Å². The number of sulfonamides is 1. The largest absolute Gasteiger partial charge is 0.369 e. The number of rotatable bonds is 8. The summed E-state index contributed by atoms with van der Waals surface area (Å²) in [6.07, 6.45) is 0.0910. The van der Waals surface area contributed by atoms with Crippen LogP contribution in [0.15, 0.2) is 53.4 Å². The molecule has 0 saturated carbocycles. The van der Waals surface area contributed by atoms with Crippen LogP contribution in [-0.4, -0.2) is 37.6 Å². The Morgan fingerprint density at radius 1 is 1.07 bits per heavy atom. The Hall–Kier alpha value is -2.78. The van der Waals surface area contributed by atoms with Crippen molar-refractivity contribution in [1.82, 2.24) is 4.31 Å². The smallest absolute Gasteiger partial charge is 0.243 e. The first-order valence-electron chi connectivity index (χ1n) is 8.15. The molecule has 0 saturated heterocycles. The number of primary amides is 1. The van der Waals surface area contributed by atoms with E-state index in [1.54, 1.807) is 31.2 Å². The van der Waals surface area contributed by atoms with Gasteiger partial charge in [-0.05, 0) is 42.0 Å². The summed E-state index contributed by atoms with van der Waals surface area (Å²) in [5.74, 6) is -1.53. The summed E-state index contributed by atoms with van der Waals surface area (Å²) >= 11 is 0. The van der Waals surface area contributed by atoms with Crippen LogP contribution >= 0.6 is 0 Å². The molecule has 7 nitrogen and oxygen atoms in total. The van der Waals surface area contributed by atoms with Gasteiger partial charge < -0.3 is 11.1 Å². The summed E-state index contributed by atoms with van der Waals surface area (Å²) in [4.78, 5) is 23.0. The summed E-state index contributed by atoms with van der Waals surface area (Å²) in [7, 11) is -3.92. The molecular formula is C18H20FN3O4S. The highest BCUT2D eigenvalue weighted by atomic mass is 32.2. The second-order valence-electron chi connectivity index (χ2n) is 5.77. The zero-order chi connectivity index (χ0) is 20.0. The predicted octanol–water partition coefficient (Wildman–Crippen LogP) is 1.50. The van der Waals surface area contributed by atoms with E-state index in [-0.39, 0.29) is 24.4 Å². The molecule has 0 aliphatic carbocycles. The topological polar surface area (TPSA) is 110 Å². The molecule has 0 radical (unpaired) electrons. The predicted molar refractivity (Wildman–Crippen MR) is 98.8 cm³/mol. The summed E-state index contributed by atoms with van der Waals surface area (Å²) in [6, 6.07) is 10.9. The van der Waals surface area contributed by atoms with Gasteiger partial charge in [-0.25, -0.2) is 12.8 Å². The number of carbonyl (C=O) groups is 2. The summed E-state index contributed by atoms with van der Waals surface area (Å²) < 4.78 is 39.2. The van der Waals surface area contributed by atoms with Gasteiger partial charge >= 0.3 is 0 Å². The number of hydrogen-bond donors (Lipinski definition) is 2. The van der Waals surface area contributed by atoms with Crippen molar-refractivity contribution in [2.24, 2.45) is 5.73 Å². The van der Waals surface area contributed by atoms with Crippen molar-refractivity contribution in [2.75, 3.05) is 18.4 Å². The van der Waals surface area contributed by atoms with E-state index >= 15 is 0 Å². The molecule has 27 heavy (non-hydrogen) atoms. The third-order valence-electron chi connectivity index (χ3n) is 3.74. The van der Waals surface area contributed by atoms with Gasteiger partial charge in [-0.2, -0.15) is 4.31 Å². The normalized spacial score (nSPS) is 11.4. The van der Waals surface area contributed by atoms with Crippen LogP contribution in [0.4, 0.5) is 10.1 Å². The van der Waals surface area contributed by atoms with Crippen molar-refractivity contribution >= 4 is 27.5 Å². The Bertz CT molecular complexity index is 913. The SMILES string of the molecule is CCN(CC(=O)Nc1ccc(CC(N)=O)cc1)S(=O)(=O)c1ccc(F)cc1. The Balaban J connectivity index is 2.06. The van der Waals surface area contributed by atoms with Gasteiger partial charge in [-0.3, -0.25) is 9.59 Å². The molecule has 0 aliphatic heterocycles. The van der Waals surface area contributed by atoms with E-state index in [0.29, 0.717) is 11.3 Å². The highest BCUT2D eigenvalue weighted by Gasteiger charge is 2.25. The maximum Gasteiger partial charge on any atom is 0.243 e. The molecule has 144 valence electrons. The molecule has 0 aliphatic rings. The van der Waals surface area contributed by atoms with Crippen LogP contribution < -0.4 is 11.1 Å². The number of hydrogen-bond acceptors (Lipinski definition) is 4. The first kappa shape index (κ1) is 20.5. The molecule has 0 atom stereocenters. The maximum absolute atomic E-state index is 13.0. The minimum Gasteiger partial charge on any atom is -0.369 e. The number of halogens is 1. The molecular weight excluding hydrogens is 373 g/mol. The van der Waals surface area contributed by atoms with Crippen molar-refractivity contribution in [1.29, 1.82) is 0 Å². The molecule has 0 unspecified atom stereocenters. The Kier molecular flexibility index (Phi) is 6.65. The van der Waals surface area contributed by atoms with Gasteiger partial charge in [-0.15, -0.1) is 0 Å². The molecule has 0 fully saturated rings. The van der Waals surface area contributed by atoms with Gasteiger partial charge in [-0.1, -0.05) is 19.1 Å². The van der Waals surface area contributed by atoms with Crippen molar-refractivity contribution in [3.05, 3.63) is 59.9 Å². The summed E-state index contributed by atoms with van der Waals surface area (Å²) in [6.45, 7) is 1.29. The van der Waals surface area contributed by atoms with E-state index in [0.717, 1.165) is 28.6 Å². The number of amides is 2. The van der Waals surface area contributed by atoms with E-state index in [1.807, 2.05) is 0 Å². The van der Waals surface area contributed by atoms with E-state index in [2.05, 4.69) is 5.32 Å². The van der Waals surface area contributed by atoms with Gasteiger partial charge in [0.2, 0.25) is 21.8 Å². The molecule has 0 spiro atoms. The van der Waals surface area contributed by atoms with Crippen molar-refractivity contribution in [3.8, 4) is 0 Å². The summed E-state index contributed by atoms with van der Waals surface area (Å²) in [5.41, 5.74) is 6.28. The van der Waals surface area contributed by atoms with Crippen LogP contribution in [0, 0.1) is 5.82 Å². The standard InChI is InChI=1S/C18H20FN3O4S/c1-2-22(27(25,26)16-9-5-14(19)6-10-16)12-18(24)21-15-7-3-13(4-8-15)11-17(20)23/h3-10H,2,11-12H2,1H3,(H2,20,23)(H,21,24). The first-order chi connectivity index (χ1) is 12.7. The Labute approximate surface area is 157 Å². The highest BCUT2D eigenvalue weighted by Crippen LogP contribution is 2.16. The number of benzene rings is 2. The number of nitrogens with zero attached hydrogens (tertiary/aromatic N) is 1. The van der Waals surface area contributed by atoms with Crippen molar-refractivity contribution in [3.63, 3.8) is 0 Å². The third kappa shape index (κ3) is 5.60. The fraction of sp³-hybridized carbons (Fsp3) is 0.222. The fourth-order valence-electron chi connectivity index (χ4n) is 2.39.